The van der Waals surface area contributed by atoms with E-state index in [4.69, 9.17) is 4.74 Å². The van der Waals surface area contributed by atoms with Crippen LogP contribution in [-0.4, -0.2) is 59.9 Å². The summed E-state index contributed by atoms with van der Waals surface area (Å²) in [5.41, 5.74) is 0.362. The van der Waals surface area contributed by atoms with Gasteiger partial charge in [0.1, 0.15) is 6.61 Å². The van der Waals surface area contributed by atoms with Crippen molar-refractivity contribution < 1.29 is 19.1 Å². The Kier molecular flexibility index (Phi) is 4.71. The molecule has 2 aliphatic rings. The molecule has 0 spiro atoms. The molecule has 1 N–H and O–H groups in total. The number of nitrogens with one attached hydrogen (secondary N) is 1. The molecule has 1 aliphatic carbocycles. The van der Waals surface area contributed by atoms with Crippen molar-refractivity contribution in [2.75, 3.05) is 26.8 Å². The minimum Gasteiger partial charge on any atom is -0.375 e. The summed E-state index contributed by atoms with van der Waals surface area (Å²) in [4.78, 5) is 38.4. The largest absolute Gasteiger partial charge is 0.375 e. The highest BCUT2D eigenvalue weighted by molar-refractivity contribution is 6.42. The molecule has 0 bridgehead atoms. The first kappa shape index (κ1) is 16.7. The van der Waals surface area contributed by atoms with Crippen LogP contribution in [0.4, 0.5) is 0 Å². The minimum absolute atomic E-state index is 0.0420. The Morgan fingerprint density at radius 3 is 2.62 bits per heavy atom. The number of ether oxygens (including phenoxy) is 1. The second-order valence-corrected chi connectivity index (χ2v) is 6.65. The first-order valence-corrected chi connectivity index (χ1v) is 8.24. The number of likely N-dealkylation sites (tertiary alicyclic amines) is 1. The quantitative estimate of drug-likeness (QED) is 0.596. The molecule has 7 heteroatoms. The van der Waals surface area contributed by atoms with E-state index in [-0.39, 0.29) is 24.5 Å². The number of carbonyl (C=O) groups is 3. The van der Waals surface area contributed by atoms with Gasteiger partial charge in [-0.15, -0.1) is 0 Å². The Morgan fingerprint density at radius 2 is 2.04 bits per heavy atom. The summed E-state index contributed by atoms with van der Waals surface area (Å²) in [7, 11) is 3.22. The van der Waals surface area contributed by atoms with Gasteiger partial charge < -0.3 is 19.5 Å². The van der Waals surface area contributed by atoms with E-state index in [1.54, 1.807) is 34.8 Å². The molecule has 24 heavy (non-hydrogen) atoms. The highest BCUT2D eigenvalue weighted by Gasteiger charge is 2.44. The topological polar surface area (TPSA) is 80.6 Å². The molecule has 2 heterocycles. The summed E-state index contributed by atoms with van der Waals surface area (Å²) < 4.78 is 6.54. The summed E-state index contributed by atoms with van der Waals surface area (Å²) >= 11 is 0. The second kappa shape index (κ2) is 6.76. The maximum atomic E-state index is 12.3. The Balaban J connectivity index is 1.66. The van der Waals surface area contributed by atoms with E-state index in [1.165, 1.54) is 7.11 Å². The van der Waals surface area contributed by atoms with E-state index in [0.29, 0.717) is 24.7 Å². The van der Waals surface area contributed by atoms with Gasteiger partial charge in [-0.05, 0) is 30.9 Å². The molecule has 2 amide bonds. The summed E-state index contributed by atoms with van der Waals surface area (Å²) in [6.07, 6.45) is 3.97. The number of methoxy groups -OCH3 is 1. The Labute approximate surface area is 140 Å². The van der Waals surface area contributed by atoms with Gasteiger partial charge in [-0.1, -0.05) is 0 Å². The van der Waals surface area contributed by atoms with E-state index in [0.717, 1.165) is 12.8 Å². The van der Waals surface area contributed by atoms with Gasteiger partial charge in [0.25, 0.3) is 11.7 Å². The smallest absolute Gasteiger partial charge is 0.294 e. The zero-order valence-corrected chi connectivity index (χ0v) is 14.0. The van der Waals surface area contributed by atoms with Crippen LogP contribution in [0.25, 0.3) is 0 Å². The number of rotatable bonds is 6. The van der Waals surface area contributed by atoms with Crippen molar-refractivity contribution >= 4 is 17.6 Å². The van der Waals surface area contributed by atoms with Crippen LogP contribution in [0, 0.1) is 11.8 Å². The van der Waals surface area contributed by atoms with Gasteiger partial charge in [0, 0.05) is 39.4 Å². The molecule has 0 unspecified atom stereocenters. The minimum atomic E-state index is -0.603. The SMILES string of the molecule is COCC(=O)N1C[C@@H](NC(=O)C(=O)c2cccn2C)[C@H](C2CC2)C1. The second-order valence-electron chi connectivity index (χ2n) is 6.65. The monoisotopic (exact) mass is 333 g/mol. The fourth-order valence-electron chi connectivity index (χ4n) is 3.45. The Hall–Kier alpha value is -2.15. The standard InChI is InChI=1S/C17H23N3O4/c1-19-7-3-4-14(19)16(22)17(23)18-13-9-20(15(21)10-24-2)8-12(13)11-5-6-11/h3-4,7,11-13H,5-6,8-10H2,1-2H3,(H,18,23)/t12-,13+/m0/s1. The highest BCUT2D eigenvalue weighted by atomic mass is 16.5. The lowest BCUT2D eigenvalue weighted by molar-refractivity contribution is -0.134. The van der Waals surface area contributed by atoms with Crippen LogP contribution in [0.15, 0.2) is 18.3 Å². The average molecular weight is 333 g/mol. The fourth-order valence-corrected chi connectivity index (χ4v) is 3.45. The number of Topliss-reactive ketones (excluding diaryl/α,β-unsaturated/α-hetero) is 1. The number of aryl methyl sites for hydroxylation is 1. The van der Waals surface area contributed by atoms with Crippen molar-refractivity contribution in [2.24, 2.45) is 18.9 Å². The summed E-state index contributed by atoms with van der Waals surface area (Å²) in [5, 5.41) is 2.86. The maximum absolute atomic E-state index is 12.3. The molecule has 2 fully saturated rings. The number of hydrogen-bond donors (Lipinski definition) is 1. The lowest BCUT2D eigenvalue weighted by atomic mass is 9.98. The van der Waals surface area contributed by atoms with Gasteiger partial charge in [0.2, 0.25) is 5.91 Å². The number of nitrogens with zero attached hydrogens (tertiary/aromatic N) is 2. The predicted molar refractivity (Wildman–Crippen MR) is 86.3 cm³/mol. The molecule has 0 radical (unpaired) electrons. The number of ketones is 1. The Morgan fingerprint density at radius 1 is 1.29 bits per heavy atom. The maximum Gasteiger partial charge on any atom is 0.294 e. The zero-order chi connectivity index (χ0) is 17.3. The van der Waals surface area contributed by atoms with Crippen LogP contribution in [0.2, 0.25) is 0 Å². The third-order valence-corrected chi connectivity index (χ3v) is 4.91. The number of aromatic nitrogens is 1. The number of carbonyl (C=O) groups excluding carboxylic acids is 3. The van der Waals surface area contributed by atoms with E-state index >= 15 is 0 Å². The van der Waals surface area contributed by atoms with Crippen LogP contribution >= 0.6 is 0 Å². The normalized spacial score (nSPS) is 23.3. The molecule has 3 rings (SSSR count). The van der Waals surface area contributed by atoms with Gasteiger partial charge in [-0.25, -0.2) is 0 Å². The average Bonchev–Trinajstić information content (AvgIpc) is 3.17. The molecule has 2 atom stereocenters. The highest BCUT2D eigenvalue weighted by Crippen LogP contribution is 2.41. The van der Waals surface area contributed by atoms with E-state index < -0.39 is 11.7 Å². The molecule has 1 aromatic rings. The third kappa shape index (κ3) is 3.36. The van der Waals surface area contributed by atoms with Gasteiger partial charge in [-0.2, -0.15) is 0 Å². The molecule has 130 valence electrons. The van der Waals surface area contributed by atoms with Gasteiger partial charge in [-0.3, -0.25) is 14.4 Å². The van der Waals surface area contributed by atoms with E-state index in [2.05, 4.69) is 5.32 Å². The van der Waals surface area contributed by atoms with Crippen molar-refractivity contribution in [1.82, 2.24) is 14.8 Å². The van der Waals surface area contributed by atoms with E-state index in [1.807, 2.05) is 0 Å². The Bertz CT molecular complexity index is 650. The van der Waals surface area contributed by atoms with Gasteiger partial charge >= 0.3 is 0 Å². The van der Waals surface area contributed by atoms with Crippen LogP contribution in [0.5, 0.6) is 0 Å². The molecule has 7 nitrogen and oxygen atoms in total. The summed E-state index contributed by atoms with van der Waals surface area (Å²) in [6.45, 7) is 1.10. The predicted octanol–water partition coefficient (Wildman–Crippen LogP) is 0.207. The molecule has 1 saturated carbocycles. The molecule has 1 saturated heterocycles. The van der Waals surface area contributed by atoms with Crippen molar-refractivity contribution in [3.63, 3.8) is 0 Å². The van der Waals surface area contributed by atoms with Gasteiger partial charge in [0.15, 0.2) is 0 Å². The zero-order valence-electron chi connectivity index (χ0n) is 14.0. The van der Waals surface area contributed by atoms with Crippen LogP contribution in [0.1, 0.15) is 23.3 Å². The van der Waals surface area contributed by atoms with Crippen molar-refractivity contribution in [1.29, 1.82) is 0 Å². The summed E-state index contributed by atoms with van der Waals surface area (Å²) in [5.74, 6) is -0.474. The first-order chi connectivity index (χ1) is 11.5. The van der Waals surface area contributed by atoms with Crippen molar-refractivity contribution in [3.05, 3.63) is 24.0 Å². The molecule has 1 aliphatic heterocycles. The number of hydrogen-bond acceptors (Lipinski definition) is 4. The molecular formula is C17H23N3O4. The lowest BCUT2D eigenvalue weighted by Gasteiger charge is -2.18. The van der Waals surface area contributed by atoms with Crippen molar-refractivity contribution in [2.45, 2.75) is 18.9 Å². The van der Waals surface area contributed by atoms with Crippen LogP contribution in [0.3, 0.4) is 0 Å². The summed E-state index contributed by atoms with van der Waals surface area (Å²) in [6, 6.07) is 3.19. The number of amides is 2. The van der Waals surface area contributed by atoms with Crippen LogP contribution < -0.4 is 5.32 Å². The lowest BCUT2D eigenvalue weighted by Crippen LogP contribution is -2.45. The van der Waals surface area contributed by atoms with Crippen LogP contribution in [-0.2, 0) is 21.4 Å². The van der Waals surface area contributed by atoms with Gasteiger partial charge in [0.05, 0.1) is 11.7 Å². The fraction of sp³-hybridized carbons (Fsp3) is 0.588. The van der Waals surface area contributed by atoms with Crippen molar-refractivity contribution in [3.8, 4) is 0 Å². The molecule has 1 aromatic heterocycles. The third-order valence-electron chi connectivity index (χ3n) is 4.91. The first-order valence-electron chi connectivity index (χ1n) is 8.24. The molecule has 0 aromatic carbocycles. The molecular weight excluding hydrogens is 310 g/mol. The van der Waals surface area contributed by atoms with E-state index in [9.17, 15) is 14.4 Å².